The number of nitrogens with zero attached hydrogens (tertiary/aromatic N) is 1. The molecule has 3 N–H and O–H groups in total. The summed E-state index contributed by atoms with van der Waals surface area (Å²) in [6, 6.07) is 5.18. The van der Waals surface area contributed by atoms with Crippen molar-refractivity contribution in [3.05, 3.63) is 36.4 Å². The molecule has 0 aliphatic carbocycles. The first-order valence-electron chi connectivity index (χ1n) is 5.33. The summed E-state index contributed by atoms with van der Waals surface area (Å²) >= 11 is 0. The Kier molecular flexibility index (Phi) is 4.80. The van der Waals surface area contributed by atoms with Gasteiger partial charge < -0.3 is 15.8 Å². The SMILES string of the molecule is C=C(C)CN=C(N)Nc1ccc(OC(F)(F)F)cc1. The van der Waals surface area contributed by atoms with Crippen LogP contribution >= 0.6 is 0 Å². The lowest BCUT2D eigenvalue weighted by atomic mass is 10.3. The molecular formula is C12H14F3N3O. The maximum atomic E-state index is 11.9. The van der Waals surface area contributed by atoms with Gasteiger partial charge in [-0.25, -0.2) is 4.99 Å². The van der Waals surface area contributed by atoms with Gasteiger partial charge in [0.15, 0.2) is 5.96 Å². The van der Waals surface area contributed by atoms with Crippen LogP contribution in [-0.4, -0.2) is 18.9 Å². The van der Waals surface area contributed by atoms with E-state index in [4.69, 9.17) is 5.73 Å². The first kappa shape index (κ1) is 14.9. The van der Waals surface area contributed by atoms with E-state index in [9.17, 15) is 13.2 Å². The Bertz CT molecular complexity index is 466. The molecule has 0 aliphatic rings. The average molecular weight is 273 g/mol. The molecule has 0 atom stereocenters. The lowest BCUT2D eigenvalue weighted by Crippen LogP contribution is -2.23. The first-order valence-corrected chi connectivity index (χ1v) is 5.33. The number of anilines is 1. The summed E-state index contributed by atoms with van der Waals surface area (Å²) in [5.74, 6) is -0.136. The van der Waals surface area contributed by atoms with Crippen LogP contribution in [0.25, 0.3) is 0 Å². The fraction of sp³-hybridized carbons (Fsp3) is 0.250. The number of halogens is 3. The van der Waals surface area contributed by atoms with Crippen LogP contribution < -0.4 is 15.8 Å². The molecule has 4 nitrogen and oxygen atoms in total. The van der Waals surface area contributed by atoms with E-state index in [1.165, 1.54) is 24.3 Å². The summed E-state index contributed by atoms with van der Waals surface area (Å²) in [5, 5.41) is 2.74. The van der Waals surface area contributed by atoms with Gasteiger partial charge in [-0.15, -0.1) is 13.2 Å². The third kappa shape index (κ3) is 6.35. The molecule has 7 heteroatoms. The molecule has 0 bridgehead atoms. The van der Waals surface area contributed by atoms with Gasteiger partial charge in [0.05, 0.1) is 6.54 Å². The Hall–Kier alpha value is -2.18. The molecule has 104 valence electrons. The van der Waals surface area contributed by atoms with Gasteiger partial charge in [-0.2, -0.15) is 0 Å². The molecule has 0 aliphatic heterocycles. The second-order valence-electron chi connectivity index (χ2n) is 3.86. The highest BCUT2D eigenvalue weighted by atomic mass is 19.4. The van der Waals surface area contributed by atoms with Gasteiger partial charge >= 0.3 is 6.36 Å². The van der Waals surface area contributed by atoms with Gasteiger partial charge in [0.25, 0.3) is 0 Å². The topological polar surface area (TPSA) is 59.6 Å². The lowest BCUT2D eigenvalue weighted by molar-refractivity contribution is -0.274. The zero-order valence-corrected chi connectivity index (χ0v) is 10.3. The Morgan fingerprint density at radius 2 is 1.95 bits per heavy atom. The van der Waals surface area contributed by atoms with E-state index >= 15 is 0 Å². The van der Waals surface area contributed by atoms with Crippen molar-refractivity contribution in [1.82, 2.24) is 0 Å². The van der Waals surface area contributed by atoms with Crippen LogP contribution in [-0.2, 0) is 0 Å². The van der Waals surface area contributed by atoms with Crippen molar-refractivity contribution < 1.29 is 17.9 Å². The fourth-order valence-corrected chi connectivity index (χ4v) is 1.15. The van der Waals surface area contributed by atoms with Gasteiger partial charge in [-0.05, 0) is 31.2 Å². The molecule has 1 aromatic carbocycles. The monoisotopic (exact) mass is 273 g/mol. The zero-order chi connectivity index (χ0) is 14.5. The standard InChI is InChI=1S/C12H14F3N3O/c1-8(2)7-17-11(16)18-9-3-5-10(6-4-9)19-12(13,14)15/h3-6H,1,7H2,2H3,(H3,16,17,18). The summed E-state index contributed by atoms with van der Waals surface area (Å²) in [4.78, 5) is 3.97. The van der Waals surface area contributed by atoms with Crippen LogP contribution in [0.5, 0.6) is 5.75 Å². The molecule has 0 spiro atoms. The van der Waals surface area contributed by atoms with E-state index in [1.807, 2.05) is 0 Å². The van der Waals surface area contributed by atoms with Crippen molar-refractivity contribution in [3.8, 4) is 5.75 Å². The third-order valence-electron chi connectivity index (χ3n) is 1.88. The van der Waals surface area contributed by atoms with E-state index in [2.05, 4.69) is 21.6 Å². The Morgan fingerprint density at radius 1 is 1.37 bits per heavy atom. The highest BCUT2D eigenvalue weighted by molar-refractivity contribution is 5.92. The molecule has 0 saturated carbocycles. The second-order valence-corrected chi connectivity index (χ2v) is 3.86. The lowest BCUT2D eigenvalue weighted by Gasteiger charge is -2.10. The first-order chi connectivity index (χ1) is 8.76. The van der Waals surface area contributed by atoms with Gasteiger partial charge in [0, 0.05) is 5.69 Å². The molecule has 1 aromatic rings. The number of guanidine groups is 1. The van der Waals surface area contributed by atoms with Crippen molar-refractivity contribution >= 4 is 11.6 Å². The summed E-state index contributed by atoms with van der Waals surface area (Å²) in [6.07, 6.45) is -4.70. The predicted octanol–water partition coefficient (Wildman–Crippen LogP) is 2.89. The predicted molar refractivity (Wildman–Crippen MR) is 68.1 cm³/mol. The van der Waals surface area contributed by atoms with Crippen molar-refractivity contribution in [3.63, 3.8) is 0 Å². The molecule has 0 unspecified atom stereocenters. The molecule has 0 saturated heterocycles. The minimum Gasteiger partial charge on any atom is -0.406 e. The number of hydrogen-bond donors (Lipinski definition) is 2. The number of ether oxygens (including phenoxy) is 1. The normalized spacial score (nSPS) is 12.1. The maximum absolute atomic E-state index is 11.9. The number of nitrogens with two attached hydrogens (primary N) is 1. The average Bonchev–Trinajstić information content (AvgIpc) is 2.27. The smallest absolute Gasteiger partial charge is 0.406 e. The molecule has 0 fully saturated rings. The van der Waals surface area contributed by atoms with Gasteiger partial charge in [-0.3, -0.25) is 0 Å². The van der Waals surface area contributed by atoms with Crippen molar-refractivity contribution in [1.29, 1.82) is 0 Å². The van der Waals surface area contributed by atoms with Gasteiger partial charge in [-0.1, -0.05) is 12.2 Å². The number of rotatable bonds is 4. The summed E-state index contributed by atoms with van der Waals surface area (Å²) in [6.45, 7) is 5.85. The second kappa shape index (κ2) is 6.12. The maximum Gasteiger partial charge on any atom is 0.573 e. The van der Waals surface area contributed by atoms with E-state index < -0.39 is 6.36 Å². The van der Waals surface area contributed by atoms with E-state index in [-0.39, 0.29) is 11.7 Å². The Labute approximate surface area is 108 Å². The third-order valence-corrected chi connectivity index (χ3v) is 1.88. The Balaban J connectivity index is 2.62. The molecule has 0 amide bonds. The van der Waals surface area contributed by atoms with E-state index in [1.54, 1.807) is 6.92 Å². The molecular weight excluding hydrogens is 259 g/mol. The fourth-order valence-electron chi connectivity index (χ4n) is 1.15. The van der Waals surface area contributed by atoms with Crippen LogP contribution in [0.4, 0.5) is 18.9 Å². The Morgan fingerprint density at radius 3 is 2.42 bits per heavy atom. The number of alkyl halides is 3. The summed E-state index contributed by atoms with van der Waals surface area (Å²) in [7, 11) is 0. The van der Waals surface area contributed by atoms with Crippen molar-refractivity contribution in [2.45, 2.75) is 13.3 Å². The number of nitrogens with one attached hydrogen (secondary N) is 1. The molecule has 0 radical (unpaired) electrons. The van der Waals surface area contributed by atoms with Gasteiger partial charge in [0.2, 0.25) is 0 Å². The summed E-state index contributed by atoms with van der Waals surface area (Å²) in [5.41, 5.74) is 6.94. The largest absolute Gasteiger partial charge is 0.573 e. The van der Waals surface area contributed by atoms with Crippen LogP contribution in [0.1, 0.15) is 6.92 Å². The minimum absolute atomic E-state index is 0.160. The molecule has 1 rings (SSSR count). The van der Waals surface area contributed by atoms with Gasteiger partial charge in [0.1, 0.15) is 5.75 Å². The number of hydrogen-bond acceptors (Lipinski definition) is 2. The van der Waals surface area contributed by atoms with E-state index in [0.717, 1.165) is 5.57 Å². The van der Waals surface area contributed by atoms with Crippen LogP contribution in [0, 0.1) is 0 Å². The summed E-state index contributed by atoms with van der Waals surface area (Å²) < 4.78 is 39.6. The highest BCUT2D eigenvalue weighted by Gasteiger charge is 2.30. The van der Waals surface area contributed by atoms with Crippen molar-refractivity contribution in [2.75, 3.05) is 11.9 Å². The van der Waals surface area contributed by atoms with Crippen LogP contribution in [0.15, 0.2) is 41.4 Å². The molecule has 0 heterocycles. The van der Waals surface area contributed by atoms with Crippen LogP contribution in [0.3, 0.4) is 0 Å². The quantitative estimate of drug-likeness (QED) is 0.504. The van der Waals surface area contributed by atoms with Crippen LogP contribution in [0.2, 0.25) is 0 Å². The van der Waals surface area contributed by atoms with E-state index in [0.29, 0.717) is 12.2 Å². The molecule has 0 aromatic heterocycles. The van der Waals surface area contributed by atoms with Crippen molar-refractivity contribution in [2.24, 2.45) is 10.7 Å². The zero-order valence-electron chi connectivity index (χ0n) is 10.3. The molecule has 19 heavy (non-hydrogen) atoms. The number of benzene rings is 1. The minimum atomic E-state index is -4.70. The number of aliphatic imine (C=N–C) groups is 1. The highest BCUT2D eigenvalue weighted by Crippen LogP contribution is 2.23.